The molecule has 6 aliphatic rings. The van der Waals surface area contributed by atoms with E-state index in [-0.39, 0.29) is 30.2 Å². The van der Waals surface area contributed by atoms with Crippen LogP contribution in [0.5, 0.6) is 0 Å². The molecule has 0 bridgehead atoms. The highest BCUT2D eigenvalue weighted by Gasteiger charge is 2.31. The summed E-state index contributed by atoms with van der Waals surface area (Å²) < 4.78 is 35.4. The number of carbonyl (C=O) groups excluding carboxylic acids is 4. The van der Waals surface area contributed by atoms with Gasteiger partial charge in [0.25, 0.3) is 0 Å². The van der Waals surface area contributed by atoms with Crippen LogP contribution in [0.4, 0.5) is 92.2 Å². The summed E-state index contributed by atoms with van der Waals surface area (Å²) in [5.74, 6) is 2.11. The zero-order valence-corrected chi connectivity index (χ0v) is 66.8. The number of nitrogens with two attached hydrogens (primary N) is 6. The lowest BCUT2D eigenvalue weighted by molar-refractivity contribution is 0.0230. The van der Waals surface area contributed by atoms with Crippen LogP contribution >= 0.6 is 0 Å². The Bertz CT molecular complexity index is 3460. The molecule has 0 atom stereocenters. The third-order valence-electron chi connectivity index (χ3n) is 17.9. The highest BCUT2D eigenvalue weighted by atomic mass is 19.1. The molecule has 6 saturated heterocycles. The van der Waals surface area contributed by atoms with Crippen molar-refractivity contribution >= 4 is 93.0 Å². The van der Waals surface area contributed by atoms with Gasteiger partial charge in [0.1, 0.15) is 45.7 Å². The van der Waals surface area contributed by atoms with Crippen molar-refractivity contribution in [2.75, 3.05) is 235 Å². The van der Waals surface area contributed by atoms with Crippen molar-refractivity contribution in [1.82, 2.24) is 44.4 Å². The number of nitrogens with zero attached hydrogens (tertiary/aromatic N) is 15. The number of rotatable bonds is 6. The molecule has 598 valence electrons. The van der Waals surface area contributed by atoms with E-state index in [1.54, 1.807) is 56.4 Å². The zero-order chi connectivity index (χ0) is 79.8. The van der Waals surface area contributed by atoms with E-state index in [2.05, 4.69) is 75.5 Å². The third kappa shape index (κ3) is 30.0. The largest absolute Gasteiger partial charge is 0.444 e. The lowest BCUT2D eigenvalue weighted by Crippen LogP contribution is -2.50. The molecular formula is C79H122FN21O8. The second-order valence-electron chi connectivity index (χ2n) is 31.6. The summed E-state index contributed by atoms with van der Waals surface area (Å²) in [5, 5.41) is 0. The molecule has 0 aliphatic carbocycles. The van der Waals surface area contributed by atoms with Gasteiger partial charge in [-0.05, 0) is 200 Å². The van der Waals surface area contributed by atoms with E-state index in [0.717, 1.165) is 132 Å². The third-order valence-corrected chi connectivity index (χ3v) is 17.9. The number of anilines is 12. The molecule has 6 aromatic rings. The Balaban J connectivity index is 0.000000183. The summed E-state index contributed by atoms with van der Waals surface area (Å²) in [6.45, 7) is 42.0. The fraction of sp³-hybridized carbons (Fsp3) is 0.532. The van der Waals surface area contributed by atoms with Gasteiger partial charge in [0.15, 0.2) is 0 Å². The van der Waals surface area contributed by atoms with Crippen LogP contribution in [0, 0.1) is 5.82 Å². The standard InChI is InChI=1S/C15H22FN3O2.C15H23N3O2.2C14H22N4O2.C11H17N3.C10H16N4/c1-15(2,3)21-14(20)19-8-6-18(7-9-19)13-5-4-11(17)10-12(13)16;1-15(2,3)20-14(19)18-10-8-17(9-11-18)13-6-4-12(16)5-7-13;1-14(2,3)20-13(19)18-8-6-17(7-9-18)11-4-5-12(15)16-10-11;1-14(2,3)20-13(19)18-8-6-17(7-9-18)12-5-4-11(15)10-16-12;1-13-6-8-14(9-7-13)11-4-2-10(12)3-5-11;1-13-4-6-14(7-5-13)10-3-2-9(11)8-12-10/h4-5,10H,6-9,17H2,1-3H3;4-7H,8-11,16H2,1-3H3;4-5,10H,6-9H2,1-3H3,(H2,15,16);4-5,10H,6-9,15H2,1-3H3;2-5H,6-9,12H2,1H3;2-3,8H,4-7,11H2,1H3. The minimum absolute atomic E-state index is 0.227. The summed E-state index contributed by atoms with van der Waals surface area (Å²) in [6, 6.07) is 32.0. The number of nitrogen functional groups attached to an aromatic ring is 6. The summed E-state index contributed by atoms with van der Waals surface area (Å²) in [7, 11) is 4.31. The van der Waals surface area contributed by atoms with Crippen LogP contribution in [0.3, 0.4) is 0 Å². The first-order chi connectivity index (χ1) is 51.3. The molecule has 3 aromatic heterocycles. The van der Waals surface area contributed by atoms with Gasteiger partial charge in [-0.2, -0.15) is 0 Å². The average molecular weight is 1510 g/mol. The Labute approximate surface area is 645 Å². The molecule has 6 fully saturated rings. The van der Waals surface area contributed by atoms with Crippen molar-refractivity contribution in [2.45, 2.75) is 105 Å². The second kappa shape index (κ2) is 39.7. The molecule has 12 N–H and O–H groups in total. The maximum Gasteiger partial charge on any atom is 0.410 e. The minimum Gasteiger partial charge on any atom is -0.444 e. The molecule has 29 nitrogen and oxygen atoms in total. The van der Waals surface area contributed by atoms with Gasteiger partial charge >= 0.3 is 24.4 Å². The summed E-state index contributed by atoms with van der Waals surface area (Å²) in [5.41, 5.74) is 39.2. The minimum atomic E-state index is -0.503. The van der Waals surface area contributed by atoms with Crippen LogP contribution in [0.2, 0.25) is 0 Å². The molecule has 0 spiro atoms. The second-order valence-corrected chi connectivity index (χ2v) is 31.6. The fourth-order valence-electron chi connectivity index (χ4n) is 11.9. The van der Waals surface area contributed by atoms with Gasteiger partial charge in [-0.3, -0.25) is 0 Å². The quantitative estimate of drug-likeness (QED) is 0.0667. The highest BCUT2D eigenvalue weighted by molar-refractivity contribution is 5.71. The van der Waals surface area contributed by atoms with Gasteiger partial charge in [0.05, 0.1) is 41.3 Å². The van der Waals surface area contributed by atoms with Crippen molar-refractivity contribution < 1.29 is 42.5 Å². The van der Waals surface area contributed by atoms with Gasteiger partial charge in [-0.1, -0.05) is 0 Å². The highest BCUT2D eigenvalue weighted by Crippen LogP contribution is 2.26. The molecule has 0 unspecified atom stereocenters. The number of piperazine rings is 6. The van der Waals surface area contributed by atoms with E-state index in [4.69, 9.17) is 53.3 Å². The van der Waals surface area contributed by atoms with E-state index in [1.165, 1.54) is 11.8 Å². The van der Waals surface area contributed by atoms with Gasteiger partial charge in [0.2, 0.25) is 0 Å². The molecule has 4 amide bonds. The predicted molar refractivity (Wildman–Crippen MR) is 438 cm³/mol. The Morgan fingerprint density at radius 1 is 0.312 bits per heavy atom. The van der Waals surface area contributed by atoms with Crippen LogP contribution < -0.4 is 63.8 Å². The number of aromatic nitrogens is 3. The number of halogens is 1. The van der Waals surface area contributed by atoms with Crippen LogP contribution in [0.25, 0.3) is 0 Å². The maximum absolute atomic E-state index is 13.9. The first-order valence-electron chi connectivity index (χ1n) is 37.5. The van der Waals surface area contributed by atoms with Crippen molar-refractivity contribution in [3.63, 3.8) is 0 Å². The van der Waals surface area contributed by atoms with Gasteiger partial charge in [-0.15, -0.1) is 0 Å². The molecule has 3 aromatic carbocycles. The number of benzene rings is 3. The zero-order valence-electron chi connectivity index (χ0n) is 66.8. The predicted octanol–water partition coefficient (Wildman–Crippen LogP) is 9.67. The number of carbonyl (C=O) groups is 4. The topological polar surface area (TPSA) is 339 Å². The van der Waals surface area contributed by atoms with E-state index in [0.29, 0.717) is 88.3 Å². The Kier molecular flexibility index (Phi) is 31.2. The first-order valence-corrected chi connectivity index (χ1v) is 37.5. The Morgan fingerprint density at radius 3 is 0.881 bits per heavy atom. The summed E-state index contributed by atoms with van der Waals surface area (Å²) in [4.78, 5) is 85.3. The molecule has 12 rings (SSSR count). The monoisotopic (exact) mass is 1510 g/mol. The van der Waals surface area contributed by atoms with Crippen LogP contribution in [-0.2, 0) is 18.9 Å². The number of likely N-dealkylation sites (N-methyl/N-ethyl adjacent to an activating group) is 2. The molecule has 6 aliphatic heterocycles. The summed E-state index contributed by atoms with van der Waals surface area (Å²) in [6.07, 6.45) is 4.09. The molecule has 30 heteroatoms. The van der Waals surface area contributed by atoms with E-state index >= 15 is 0 Å². The van der Waals surface area contributed by atoms with E-state index < -0.39 is 22.4 Å². The molecule has 109 heavy (non-hydrogen) atoms. The van der Waals surface area contributed by atoms with Gasteiger partial charge < -0.3 is 112 Å². The Morgan fingerprint density at radius 2 is 0.587 bits per heavy atom. The molecular weight excluding hydrogens is 1390 g/mol. The summed E-state index contributed by atoms with van der Waals surface area (Å²) >= 11 is 0. The number of pyridine rings is 3. The van der Waals surface area contributed by atoms with Crippen molar-refractivity contribution in [1.29, 1.82) is 0 Å². The van der Waals surface area contributed by atoms with E-state index in [1.807, 2.05) is 155 Å². The van der Waals surface area contributed by atoms with Gasteiger partial charge in [0, 0.05) is 186 Å². The molecule has 0 radical (unpaired) electrons. The molecule has 0 saturated carbocycles. The molecule has 9 heterocycles. The van der Waals surface area contributed by atoms with Crippen molar-refractivity contribution in [2.24, 2.45) is 0 Å². The smallest absolute Gasteiger partial charge is 0.410 e. The SMILES string of the molecule is CC(C)(C)OC(=O)N1CCN(c2ccc(N)cc2)CC1.CC(C)(C)OC(=O)N1CCN(c2ccc(N)cc2F)CC1.CC(C)(C)OC(=O)N1CCN(c2ccc(N)cn2)CC1.CC(C)(C)OC(=O)N1CCN(c2ccc(N)nc2)CC1.CN1CCN(c2ccc(N)cc2)CC1.CN1CCN(c2ccc(N)cn2)CC1. The van der Waals surface area contributed by atoms with Crippen molar-refractivity contribution in [3.05, 3.63) is 128 Å². The number of amides is 4. The van der Waals surface area contributed by atoms with Crippen molar-refractivity contribution in [3.8, 4) is 0 Å². The Hall–Kier alpha value is -10.4. The maximum atomic E-state index is 13.9. The van der Waals surface area contributed by atoms with E-state index in [9.17, 15) is 23.6 Å². The normalized spacial score (nSPS) is 16.7. The van der Waals surface area contributed by atoms with Crippen LogP contribution in [-0.4, -0.2) is 262 Å². The first kappa shape index (κ1) is 85.9. The lowest BCUT2D eigenvalue weighted by atomic mass is 10.2. The number of ether oxygens (including phenoxy) is 4. The fourth-order valence-corrected chi connectivity index (χ4v) is 11.9. The lowest BCUT2D eigenvalue weighted by Gasteiger charge is -2.36. The van der Waals surface area contributed by atoms with Crippen LogP contribution in [0.1, 0.15) is 83.1 Å². The average Bonchev–Trinajstić information content (AvgIpc) is 0.837. The van der Waals surface area contributed by atoms with Crippen LogP contribution in [0.15, 0.2) is 122 Å². The van der Waals surface area contributed by atoms with Gasteiger partial charge in [-0.25, -0.2) is 38.5 Å². The number of hydrogen-bond acceptors (Lipinski definition) is 25. The number of hydrogen-bond donors (Lipinski definition) is 6.